The van der Waals surface area contributed by atoms with E-state index in [0.717, 1.165) is 32.2 Å². The number of hydrogen-bond donors (Lipinski definition) is 2. The number of alkyl halides is 3. The fraction of sp³-hybridized carbons (Fsp3) is 0.462. The minimum Gasteiger partial charge on any atom is -0.862 e. The summed E-state index contributed by atoms with van der Waals surface area (Å²) in [5, 5.41) is 18.2. The molecule has 1 aliphatic heterocycles. The Morgan fingerprint density at radius 3 is 2.35 bits per heavy atom. The van der Waals surface area contributed by atoms with Gasteiger partial charge in [0.2, 0.25) is 0 Å². The summed E-state index contributed by atoms with van der Waals surface area (Å²) in [7, 11) is 0. The first-order chi connectivity index (χ1) is 9.30. The van der Waals surface area contributed by atoms with Crippen molar-refractivity contribution in [1.29, 1.82) is 5.41 Å². The van der Waals surface area contributed by atoms with Crippen molar-refractivity contribution in [2.24, 2.45) is 0 Å². The Kier molecular flexibility index (Phi) is 5.82. The van der Waals surface area contributed by atoms with E-state index in [1.165, 1.54) is 19.1 Å². The van der Waals surface area contributed by atoms with Crippen LogP contribution in [-0.4, -0.2) is 32.1 Å². The zero-order chi connectivity index (χ0) is 15.2. The molecule has 1 aromatic rings. The molecule has 20 heavy (non-hydrogen) atoms. The van der Waals surface area contributed by atoms with Gasteiger partial charge in [-0.15, -0.1) is 0 Å². The Bertz CT molecular complexity index is 439. The van der Waals surface area contributed by atoms with Crippen molar-refractivity contribution < 1.29 is 18.3 Å². The number of nitrogens with zero attached hydrogens (tertiary/aromatic N) is 1. The molecular formula is C13H17F3N3O-. The van der Waals surface area contributed by atoms with Crippen molar-refractivity contribution in [3.63, 3.8) is 0 Å². The molecule has 0 aliphatic carbocycles. The van der Waals surface area contributed by atoms with Crippen LogP contribution in [0, 0.1) is 5.41 Å². The van der Waals surface area contributed by atoms with E-state index in [1.807, 2.05) is 4.90 Å². The Labute approximate surface area is 115 Å². The van der Waals surface area contributed by atoms with Crippen LogP contribution in [0.15, 0.2) is 24.3 Å². The summed E-state index contributed by atoms with van der Waals surface area (Å²) in [6.45, 7) is 4.33. The molecule has 1 fully saturated rings. The molecule has 2 N–H and O–H groups in total. The van der Waals surface area contributed by atoms with Crippen LogP contribution in [-0.2, 0) is 6.18 Å². The molecule has 0 spiro atoms. The molecule has 1 aromatic carbocycles. The van der Waals surface area contributed by atoms with Gasteiger partial charge in [-0.1, -0.05) is 6.07 Å². The third-order valence-corrected chi connectivity index (χ3v) is 2.66. The van der Waals surface area contributed by atoms with Gasteiger partial charge in [-0.25, -0.2) is 0 Å². The Balaban J connectivity index is 0.000000444. The third-order valence-electron chi connectivity index (χ3n) is 2.66. The lowest BCUT2D eigenvalue weighted by molar-refractivity contribution is -0.217. The monoisotopic (exact) mass is 288 g/mol. The summed E-state index contributed by atoms with van der Waals surface area (Å²) in [5.74, 6) is -0.583. The van der Waals surface area contributed by atoms with Crippen molar-refractivity contribution in [2.45, 2.75) is 13.1 Å². The van der Waals surface area contributed by atoms with Crippen molar-refractivity contribution in [1.82, 2.24) is 5.32 Å². The zero-order valence-electron chi connectivity index (χ0n) is 11.1. The quantitative estimate of drug-likeness (QED) is 0.607. The number of benzene rings is 1. The normalized spacial score (nSPS) is 15.3. The van der Waals surface area contributed by atoms with E-state index in [2.05, 4.69) is 5.32 Å². The first kappa shape index (κ1) is 16.3. The van der Waals surface area contributed by atoms with E-state index in [1.54, 1.807) is 6.07 Å². The predicted octanol–water partition coefficient (Wildman–Crippen LogP) is 1.46. The maximum Gasteiger partial charge on any atom is 0.416 e. The lowest BCUT2D eigenvalue weighted by atomic mass is 10.1. The Morgan fingerprint density at radius 1 is 1.30 bits per heavy atom. The molecule has 1 heterocycles. The molecule has 1 saturated heterocycles. The molecule has 2 rings (SSSR count). The van der Waals surface area contributed by atoms with Gasteiger partial charge in [0.1, 0.15) is 0 Å². The smallest absolute Gasteiger partial charge is 0.416 e. The SMILES string of the molecule is CC(=N)[O-].FC(F)(F)c1cccc(N2CCNCC2)c1. The van der Waals surface area contributed by atoms with Gasteiger partial charge in [0, 0.05) is 31.9 Å². The second-order valence-corrected chi connectivity index (χ2v) is 4.34. The molecule has 4 nitrogen and oxygen atoms in total. The van der Waals surface area contributed by atoms with Crippen LogP contribution in [0.25, 0.3) is 0 Å². The van der Waals surface area contributed by atoms with Crippen LogP contribution in [0.3, 0.4) is 0 Å². The molecule has 0 atom stereocenters. The minimum absolute atomic E-state index is 0.580. The van der Waals surface area contributed by atoms with Gasteiger partial charge in [-0.2, -0.15) is 13.2 Å². The fourth-order valence-electron chi connectivity index (χ4n) is 1.80. The summed E-state index contributed by atoms with van der Waals surface area (Å²) in [6, 6.07) is 5.50. The van der Waals surface area contributed by atoms with Crippen molar-refractivity contribution >= 4 is 11.6 Å². The average molecular weight is 288 g/mol. The molecule has 112 valence electrons. The summed E-state index contributed by atoms with van der Waals surface area (Å²) >= 11 is 0. The maximum absolute atomic E-state index is 12.5. The maximum atomic E-state index is 12.5. The van der Waals surface area contributed by atoms with Crippen LogP contribution in [0.5, 0.6) is 0 Å². The fourth-order valence-corrected chi connectivity index (χ4v) is 1.80. The van der Waals surface area contributed by atoms with Gasteiger partial charge >= 0.3 is 6.18 Å². The van der Waals surface area contributed by atoms with Gasteiger partial charge in [0.25, 0.3) is 0 Å². The second kappa shape index (κ2) is 7.14. The van der Waals surface area contributed by atoms with E-state index < -0.39 is 17.6 Å². The first-order valence-corrected chi connectivity index (χ1v) is 6.16. The van der Waals surface area contributed by atoms with Crippen molar-refractivity contribution in [3.8, 4) is 0 Å². The number of anilines is 1. The minimum atomic E-state index is -4.26. The third kappa shape index (κ3) is 5.48. The molecule has 7 heteroatoms. The topological polar surface area (TPSA) is 62.2 Å². The predicted molar refractivity (Wildman–Crippen MR) is 69.9 cm³/mol. The molecule has 0 bridgehead atoms. The van der Waals surface area contributed by atoms with Crippen molar-refractivity contribution in [2.75, 3.05) is 31.1 Å². The molecule has 0 amide bonds. The highest BCUT2D eigenvalue weighted by Crippen LogP contribution is 2.31. The Morgan fingerprint density at radius 2 is 1.85 bits per heavy atom. The Hall–Kier alpha value is -1.76. The summed E-state index contributed by atoms with van der Waals surface area (Å²) in [4.78, 5) is 1.96. The van der Waals surface area contributed by atoms with Crippen LogP contribution in [0.4, 0.5) is 18.9 Å². The van der Waals surface area contributed by atoms with Gasteiger partial charge in [0.15, 0.2) is 0 Å². The van der Waals surface area contributed by atoms with Crippen LogP contribution >= 0.6 is 0 Å². The second-order valence-electron chi connectivity index (χ2n) is 4.34. The molecule has 0 saturated carbocycles. The van der Waals surface area contributed by atoms with Gasteiger partial charge in [-0.05, 0) is 31.0 Å². The average Bonchev–Trinajstić information content (AvgIpc) is 2.38. The number of piperazine rings is 1. The molecular weight excluding hydrogens is 271 g/mol. The number of halogens is 3. The molecule has 0 aromatic heterocycles. The van der Waals surface area contributed by atoms with Gasteiger partial charge in [0.05, 0.1) is 5.56 Å². The highest BCUT2D eigenvalue weighted by Gasteiger charge is 2.30. The number of rotatable bonds is 1. The van der Waals surface area contributed by atoms with E-state index in [4.69, 9.17) is 10.5 Å². The number of nitrogens with one attached hydrogen (secondary N) is 2. The first-order valence-electron chi connectivity index (χ1n) is 6.16. The van der Waals surface area contributed by atoms with Gasteiger partial charge < -0.3 is 20.7 Å². The standard InChI is InChI=1S/C11H13F3N2.C2H5NO/c12-11(13,14)9-2-1-3-10(8-9)16-6-4-15-5-7-16;1-2(3)4/h1-3,8,15H,4-7H2;1H3,(H2,3,4)/p-1. The lowest BCUT2D eigenvalue weighted by Crippen LogP contribution is -2.43. The zero-order valence-corrected chi connectivity index (χ0v) is 11.1. The lowest BCUT2D eigenvalue weighted by Gasteiger charge is -2.29. The van der Waals surface area contributed by atoms with E-state index in [0.29, 0.717) is 5.69 Å². The highest BCUT2D eigenvalue weighted by atomic mass is 19.4. The van der Waals surface area contributed by atoms with E-state index in [-0.39, 0.29) is 0 Å². The number of hydrogen-bond acceptors (Lipinski definition) is 4. The summed E-state index contributed by atoms with van der Waals surface area (Å²) < 4.78 is 37.5. The van der Waals surface area contributed by atoms with Crippen molar-refractivity contribution in [3.05, 3.63) is 29.8 Å². The van der Waals surface area contributed by atoms with Crippen LogP contribution in [0.2, 0.25) is 0 Å². The van der Waals surface area contributed by atoms with Crippen LogP contribution in [0.1, 0.15) is 12.5 Å². The van der Waals surface area contributed by atoms with Gasteiger partial charge in [-0.3, -0.25) is 0 Å². The highest BCUT2D eigenvalue weighted by molar-refractivity contribution is 5.63. The molecule has 0 unspecified atom stereocenters. The largest absolute Gasteiger partial charge is 0.862 e. The summed E-state index contributed by atoms with van der Waals surface area (Å²) in [5.41, 5.74) is 0.0693. The van der Waals surface area contributed by atoms with E-state index >= 15 is 0 Å². The van der Waals surface area contributed by atoms with Crippen LogP contribution < -0.4 is 15.3 Å². The summed E-state index contributed by atoms with van der Waals surface area (Å²) in [6.07, 6.45) is -4.26. The molecule has 0 radical (unpaired) electrons. The van der Waals surface area contributed by atoms with E-state index in [9.17, 15) is 13.2 Å². The molecule has 1 aliphatic rings.